The molecule has 0 fully saturated rings. The predicted octanol–water partition coefficient (Wildman–Crippen LogP) is 2.52. The van der Waals surface area contributed by atoms with E-state index in [1.165, 1.54) is 0 Å². The molecule has 1 heterocycles. The van der Waals surface area contributed by atoms with Crippen molar-refractivity contribution in [1.82, 2.24) is 10.7 Å². The van der Waals surface area contributed by atoms with Gasteiger partial charge in [-0.1, -0.05) is 0 Å². The summed E-state index contributed by atoms with van der Waals surface area (Å²) in [6.07, 6.45) is 1.59. The van der Waals surface area contributed by atoms with Crippen LogP contribution in [-0.4, -0.2) is 4.98 Å². The van der Waals surface area contributed by atoms with E-state index < -0.39 is 0 Å². The van der Waals surface area contributed by atoms with Crippen molar-refractivity contribution in [2.75, 3.05) is 0 Å². The summed E-state index contributed by atoms with van der Waals surface area (Å²) in [6.45, 7) is 0. The van der Waals surface area contributed by atoms with Crippen molar-refractivity contribution >= 4 is 37.7 Å². The molecule has 0 aromatic carbocycles. The van der Waals surface area contributed by atoms with Crippen LogP contribution in [0.1, 0.15) is 0 Å². The van der Waals surface area contributed by atoms with Gasteiger partial charge >= 0.3 is 0 Å². The monoisotopic (exact) mass is 249 g/mol. The summed E-state index contributed by atoms with van der Waals surface area (Å²) in [7, 11) is 0. The lowest BCUT2D eigenvalue weighted by molar-refractivity contribution is 1.22. The average molecular weight is 251 g/mol. The van der Waals surface area contributed by atoms with E-state index in [9.17, 15) is 0 Å². The first-order valence-electron chi connectivity index (χ1n) is 2.23. The van der Waals surface area contributed by atoms with Gasteiger partial charge in [0.05, 0.1) is 4.47 Å². The number of pyridine rings is 1. The van der Waals surface area contributed by atoms with E-state index in [-0.39, 0.29) is 5.82 Å². The topological polar surface area (TPSA) is 36.7 Å². The van der Waals surface area contributed by atoms with Crippen LogP contribution >= 0.6 is 31.9 Å². The fourth-order valence-electron chi connectivity index (χ4n) is 0.415. The van der Waals surface area contributed by atoms with Crippen molar-refractivity contribution in [3.63, 3.8) is 0 Å². The Balaban J connectivity index is 3.17. The standard InChI is InChI=1S/C5H3Br2N2/c6-3-1-4(7)5(8)9-2-3/h1-2,8H. The molecule has 0 atom stereocenters. The molecule has 1 rings (SSSR count). The van der Waals surface area contributed by atoms with Crippen molar-refractivity contribution in [3.05, 3.63) is 21.2 Å². The van der Waals surface area contributed by atoms with Crippen LogP contribution in [0.3, 0.4) is 0 Å². The highest BCUT2D eigenvalue weighted by atomic mass is 79.9. The summed E-state index contributed by atoms with van der Waals surface area (Å²) in [4.78, 5) is 3.75. The molecule has 0 aliphatic rings. The largest absolute Gasteiger partial charge is 0.282 e. The molecule has 0 aliphatic heterocycles. The molecule has 0 unspecified atom stereocenters. The average Bonchev–Trinajstić information content (AvgIpc) is 1.80. The van der Waals surface area contributed by atoms with Gasteiger partial charge in [0, 0.05) is 10.7 Å². The van der Waals surface area contributed by atoms with Gasteiger partial charge < -0.3 is 0 Å². The second-order valence-electron chi connectivity index (χ2n) is 1.48. The lowest BCUT2D eigenvalue weighted by Crippen LogP contribution is -1.77. The molecule has 1 N–H and O–H groups in total. The fourth-order valence-corrected chi connectivity index (χ4v) is 1.40. The maximum absolute atomic E-state index is 7.14. The Labute approximate surface area is 69.7 Å². The third-order valence-electron chi connectivity index (χ3n) is 0.808. The number of rotatable bonds is 0. The zero-order valence-corrected chi connectivity index (χ0v) is 7.53. The SMILES string of the molecule is [NH]c1ncc(Br)cc1Br. The maximum Gasteiger partial charge on any atom is 0.158 e. The minimum Gasteiger partial charge on any atom is -0.282 e. The second kappa shape index (κ2) is 2.66. The molecule has 0 amide bonds. The lowest BCUT2D eigenvalue weighted by atomic mass is 10.5. The van der Waals surface area contributed by atoms with Crippen molar-refractivity contribution in [1.29, 1.82) is 0 Å². The quantitative estimate of drug-likeness (QED) is 0.697. The van der Waals surface area contributed by atoms with E-state index in [1.54, 1.807) is 12.3 Å². The molecule has 2 nitrogen and oxygen atoms in total. The highest BCUT2D eigenvalue weighted by Gasteiger charge is 1.95. The maximum atomic E-state index is 7.14. The minimum absolute atomic E-state index is 0.262. The minimum atomic E-state index is 0.262. The molecule has 1 radical (unpaired) electrons. The number of nitrogens with zero attached hydrogens (tertiary/aromatic N) is 1. The summed E-state index contributed by atoms with van der Waals surface area (Å²) in [5.74, 6) is 0.262. The molecule has 0 aliphatic carbocycles. The Morgan fingerprint density at radius 3 is 2.56 bits per heavy atom. The molecule has 4 heteroatoms. The Kier molecular flexibility index (Phi) is 2.08. The van der Waals surface area contributed by atoms with Crippen LogP contribution in [-0.2, 0) is 0 Å². The zero-order valence-electron chi connectivity index (χ0n) is 4.36. The number of hydrogen-bond acceptors (Lipinski definition) is 1. The van der Waals surface area contributed by atoms with Gasteiger partial charge in [-0.15, -0.1) is 0 Å². The summed E-state index contributed by atoms with van der Waals surface area (Å²) in [6, 6.07) is 1.79. The van der Waals surface area contributed by atoms with Crippen LogP contribution in [0.4, 0.5) is 5.82 Å². The fraction of sp³-hybridized carbons (Fsp3) is 0. The van der Waals surface area contributed by atoms with E-state index in [1.807, 2.05) is 0 Å². The van der Waals surface area contributed by atoms with Gasteiger partial charge in [-0.3, -0.25) is 5.73 Å². The van der Waals surface area contributed by atoms with Crippen molar-refractivity contribution in [2.45, 2.75) is 0 Å². The number of aromatic nitrogens is 1. The molecule has 0 saturated heterocycles. The lowest BCUT2D eigenvalue weighted by Gasteiger charge is -1.93. The highest BCUT2D eigenvalue weighted by Crippen LogP contribution is 2.21. The van der Waals surface area contributed by atoms with Crippen LogP contribution in [0.25, 0.3) is 0 Å². The van der Waals surface area contributed by atoms with Gasteiger partial charge in [-0.05, 0) is 37.9 Å². The van der Waals surface area contributed by atoms with Gasteiger partial charge in [0.15, 0.2) is 5.82 Å². The summed E-state index contributed by atoms with van der Waals surface area (Å²) in [5, 5.41) is 0. The van der Waals surface area contributed by atoms with Gasteiger partial charge in [0.25, 0.3) is 0 Å². The Bertz CT molecular complexity index is 224. The Morgan fingerprint density at radius 1 is 1.44 bits per heavy atom. The zero-order chi connectivity index (χ0) is 6.85. The van der Waals surface area contributed by atoms with Crippen LogP contribution < -0.4 is 5.73 Å². The van der Waals surface area contributed by atoms with E-state index in [4.69, 9.17) is 5.73 Å². The second-order valence-corrected chi connectivity index (χ2v) is 3.25. The predicted molar refractivity (Wildman–Crippen MR) is 42.4 cm³/mol. The third kappa shape index (κ3) is 1.66. The Morgan fingerprint density at radius 2 is 2.11 bits per heavy atom. The molecular weight excluding hydrogens is 248 g/mol. The molecule has 1 aromatic rings. The first kappa shape index (κ1) is 7.02. The van der Waals surface area contributed by atoms with E-state index >= 15 is 0 Å². The van der Waals surface area contributed by atoms with Crippen LogP contribution in [0, 0.1) is 0 Å². The van der Waals surface area contributed by atoms with Crippen molar-refractivity contribution in [3.8, 4) is 0 Å². The van der Waals surface area contributed by atoms with Crippen LogP contribution in [0.5, 0.6) is 0 Å². The highest BCUT2D eigenvalue weighted by molar-refractivity contribution is 9.11. The molecular formula is C5H3Br2N2. The molecule has 47 valence electrons. The smallest absolute Gasteiger partial charge is 0.158 e. The summed E-state index contributed by atoms with van der Waals surface area (Å²) in [5.41, 5.74) is 7.14. The van der Waals surface area contributed by atoms with Crippen molar-refractivity contribution in [2.24, 2.45) is 0 Å². The first-order valence-corrected chi connectivity index (χ1v) is 3.81. The van der Waals surface area contributed by atoms with Crippen LogP contribution in [0.15, 0.2) is 21.2 Å². The number of nitrogens with one attached hydrogen (secondary N) is 1. The number of hydrogen-bond donors (Lipinski definition) is 0. The summed E-state index contributed by atoms with van der Waals surface area (Å²) < 4.78 is 1.59. The van der Waals surface area contributed by atoms with E-state index in [2.05, 4.69) is 36.8 Å². The van der Waals surface area contributed by atoms with E-state index in [0.29, 0.717) is 4.47 Å². The van der Waals surface area contributed by atoms with Crippen molar-refractivity contribution < 1.29 is 0 Å². The van der Waals surface area contributed by atoms with Crippen LogP contribution in [0.2, 0.25) is 0 Å². The van der Waals surface area contributed by atoms with Gasteiger partial charge in [0.2, 0.25) is 0 Å². The molecule has 0 spiro atoms. The molecule has 1 aromatic heterocycles. The number of halogens is 2. The molecule has 0 bridgehead atoms. The normalized spacial score (nSPS) is 9.56. The van der Waals surface area contributed by atoms with E-state index in [0.717, 1.165) is 4.47 Å². The van der Waals surface area contributed by atoms with Gasteiger partial charge in [-0.2, -0.15) is 0 Å². The van der Waals surface area contributed by atoms with Gasteiger partial charge in [-0.25, -0.2) is 4.98 Å². The molecule has 9 heavy (non-hydrogen) atoms. The summed E-state index contributed by atoms with van der Waals surface area (Å²) >= 11 is 6.39. The third-order valence-corrected chi connectivity index (χ3v) is 1.85. The first-order chi connectivity index (χ1) is 4.20. The Hall–Kier alpha value is -0.0900. The van der Waals surface area contributed by atoms with Gasteiger partial charge in [0.1, 0.15) is 0 Å². The molecule has 0 saturated carbocycles.